The fourth-order valence-corrected chi connectivity index (χ4v) is 3.67. The molecule has 21 heavy (non-hydrogen) atoms. The molecule has 0 amide bonds. The Labute approximate surface area is 125 Å². The summed E-state index contributed by atoms with van der Waals surface area (Å²) in [6, 6.07) is 13.9. The van der Waals surface area contributed by atoms with E-state index in [1.54, 1.807) is 20.0 Å². The molecule has 0 radical (unpaired) electrons. The van der Waals surface area contributed by atoms with Gasteiger partial charge < -0.3 is 9.05 Å². The quantitative estimate of drug-likeness (QED) is 0.706. The summed E-state index contributed by atoms with van der Waals surface area (Å²) in [4.78, 5) is 4.37. The van der Waals surface area contributed by atoms with Crippen LogP contribution in [0.2, 0.25) is 0 Å². The van der Waals surface area contributed by atoms with Crippen molar-refractivity contribution in [3.63, 3.8) is 0 Å². The highest BCUT2D eigenvalue weighted by Gasteiger charge is 2.24. The number of hydrogen-bond donors (Lipinski definition) is 0. The molecule has 0 spiro atoms. The predicted molar refractivity (Wildman–Crippen MR) is 84.2 cm³/mol. The van der Waals surface area contributed by atoms with E-state index in [9.17, 15) is 4.57 Å². The lowest BCUT2D eigenvalue weighted by molar-refractivity contribution is 0.219. The smallest absolute Gasteiger partial charge is 0.309 e. The van der Waals surface area contributed by atoms with E-state index in [1.807, 2.05) is 42.5 Å². The van der Waals surface area contributed by atoms with Gasteiger partial charge in [0.1, 0.15) is 0 Å². The molecule has 0 atom stereocenters. The van der Waals surface area contributed by atoms with Crippen molar-refractivity contribution in [2.75, 3.05) is 13.2 Å². The van der Waals surface area contributed by atoms with Gasteiger partial charge in [0.2, 0.25) is 0 Å². The van der Waals surface area contributed by atoms with Gasteiger partial charge in [-0.1, -0.05) is 36.4 Å². The fourth-order valence-electron chi connectivity index (χ4n) is 2.04. The molecule has 2 rings (SSSR count). The highest BCUT2D eigenvalue weighted by Crippen LogP contribution is 2.50. The maximum atomic E-state index is 12.5. The third kappa shape index (κ3) is 4.50. The highest BCUT2D eigenvalue weighted by atomic mass is 31.2. The number of hydrogen-bond acceptors (Lipinski definition) is 4. The van der Waals surface area contributed by atoms with Crippen LogP contribution >= 0.6 is 7.60 Å². The molecule has 1 aromatic carbocycles. The van der Waals surface area contributed by atoms with Gasteiger partial charge in [0.25, 0.3) is 0 Å². The average Bonchev–Trinajstić information content (AvgIpc) is 2.49. The third-order valence-electron chi connectivity index (χ3n) is 2.94. The zero-order valence-electron chi connectivity index (χ0n) is 12.4. The topological polar surface area (TPSA) is 48.4 Å². The molecule has 0 bridgehead atoms. The lowest BCUT2D eigenvalue weighted by Crippen LogP contribution is -2.00. The molecule has 2 aromatic rings. The molecule has 0 aliphatic rings. The summed E-state index contributed by atoms with van der Waals surface area (Å²) >= 11 is 0. The number of pyridine rings is 1. The fraction of sp³-hybridized carbons (Fsp3) is 0.312. The van der Waals surface area contributed by atoms with E-state index < -0.39 is 7.60 Å². The Bertz CT molecular complexity index is 589. The Balaban J connectivity index is 2.13. The Kier molecular flexibility index (Phi) is 5.68. The minimum atomic E-state index is -3.09. The molecule has 1 heterocycles. The largest absolute Gasteiger partial charge is 0.336 e. The molecule has 0 saturated carbocycles. The number of nitrogens with zero attached hydrogens (tertiary/aromatic N) is 1. The first kappa shape index (κ1) is 15.9. The van der Waals surface area contributed by atoms with Gasteiger partial charge in [-0.15, -0.1) is 0 Å². The number of aromatic nitrogens is 1. The summed E-state index contributed by atoms with van der Waals surface area (Å²) in [6.07, 6.45) is 1.98. The minimum Gasteiger partial charge on any atom is -0.309 e. The second-order valence-corrected chi connectivity index (χ2v) is 6.56. The van der Waals surface area contributed by atoms with Gasteiger partial charge in [0.15, 0.2) is 0 Å². The molecule has 0 fully saturated rings. The van der Waals surface area contributed by atoms with Crippen LogP contribution in [0.4, 0.5) is 0 Å². The van der Waals surface area contributed by atoms with Crippen LogP contribution in [0.1, 0.15) is 19.5 Å². The second-order valence-electron chi connectivity index (χ2n) is 4.51. The summed E-state index contributed by atoms with van der Waals surface area (Å²) < 4.78 is 23.0. The van der Waals surface area contributed by atoms with Crippen LogP contribution in [0, 0.1) is 0 Å². The van der Waals surface area contributed by atoms with Crippen molar-refractivity contribution in [3.05, 3.63) is 54.4 Å². The van der Waals surface area contributed by atoms with E-state index in [2.05, 4.69) is 4.98 Å². The van der Waals surface area contributed by atoms with Crippen molar-refractivity contribution in [2.45, 2.75) is 20.0 Å². The monoisotopic (exact) mass is 305 g/mol. The van der Waals surface area contributed by atoms with E-state index in [-0.39, 0.29) is 6.16 Å². The summed E-state index contributed by atoms with van der Waals surface area (Å²) in [5.41, 5.74) is 2.84. The number of benzene rings is 1. The van der Waals surface area contributed by atoms with Gasteiger partial charge in [0.05, 0.1) is 25.1 Å². The van der Waals surface area contributed by atoms with E-state index in [4.69, 9.17) is 9.05 Å². The molecule has 4 nitrogen and oxygen atoms in total. The van der Waals surface area contributed by atoms with Gasteiger partial charge in [0, 0.05) is 11.8 Å². The standard InChI is InChI=1S/C16H20NO3P/c1-3-19-21(18,20-4-2)13-16-11-10-15(12-17-16)14-8-6-5-7-9-14/h5-12H,3-4,13H2,1-2H3. The minimum absolute atomic E-state index is 0.198. The summed E-state index contributed by atoms with van der Waals surface area (Å²) in [6.45, 7) is 4.33. The summed E-state index contributed by atoms with van der Waals surface area (Å²) in [5, 5.41) is 0. The normalized spacial score (nSPS) is 11.5. The molecular formula is C16H20NO3P. The maximum absolute atomic E-state index is 12.5. The zero-order valence-corrected chi connectivity index (χ0v) is 13.3. The third-order valence-corrected chi connectivity index (χ3v) is 4.95. The van der Waals surface area contributed by atoms with Crippen molar-refractivity contribution >= 4 is 7.60 Å². The molecule has 0 N–H and O–H groups in total. The van der Waals surface area contributed by atoms with Gasteiger partial charge >= 0.3 is 7.60 Å². The highest BCUT2D eigenvalue weighted by molar-refractivity contribution is 7.53. The molecule has 0 unspecified atom stereocenters. The number of rotatable bonds is 7. The van der Waals surface area contributed by atoms with E-state index in [0.717, 1.165) is 11.1 Å². The van der Waals surface area contributed by atoms with Crippen LogP contribution in [-0.2, 0) is 19.8 Å². The molecular weight excluding hydrogens is 285 g/mol. The van der Waals surface area contributed by atoms with E-state index >= 15 is 0 Å². The van der Waals surface area contributed by atoms with Gasteiger partial charge in [-0.2, -0.15) is 0 Å². The molecule has 1 aromatic heterocycles. The SMILES string of the molecule is CCOP(=O)(Cc1ccc(-c2ccccc2)cn1)OCC. The lowest BCUT2D eigenvalue weighted by atomic mass is 10.1. The van der Waals surface area contributed by atoms with Crippen LogP contribution in [-0.4, -0.2) is 18.2 Å². The van der Waals surface area contributed by atoms with Gasteiger partial charge in [-0.05, 0) is 25.5 Å². The Morgan fingerprint density at radius 1 is 0.952 bits per heavy atom. The van der Waals surface area contributed by atoms with E-state index in [0.29, 0.717) is 18.9 Å². The van der Waals surface area contributed by atoms with Crippen molar-refractivity contribution in [2.24, 2.45) is 0 Å². The van der Waals surface area contributed by atoms with Crippen molar-refractivity contribution in [1.82, 2.24) is 4.98 Å². The summed E-state index contributed by atoms with van der Waals surface area (Å²) in [7, 11) is -3.09. The average molecular weight is 305 g/mol. The first-order valence-corrected chi connectivity index (χ1v) is 8.78. The van der Waals surface area contributed by atoms with Crippen molar-refractivity contribution in [3.8, 4) is 11.1 Å². The lowest BCUT2D eigenvalue weighted by Gasteiger charge is -2.16. The molecule has 0 aliphatic carbocycles. The molecule has 112 valence electrons. The van der Waals surface area contributed by atoms with Crippen LogP contribution in [0.5, 0.6) is 0 Å². The summed E-state index contributed by atoms with van der Waals surface area (Å²) in [5.74, 6) is 0. The second kappa shape index (κ2) is 7.51. The molecule has 5 heteroatoms. The van der Waals surface area contributed by atoms with Crippen LogP contribution < -0.4 is 0 Å². The zero-order chi connectivity index (χ0) is 15.1. The first-order chi connectivity index (χ1) is 10.2. The Morgan fingerprint density at radius 2 is 1.62 bits per heavy atom. The maximum Gasteiger partial charge on any atom is 0.336 e. The molecule has 0 saturated heterocycles. The van der Waals surface area contributed by atoms with Crippen LogP contribution in [0.3, 0.4) is 0 Å². The van der Waals surface area contributed by atoms with Crippen LogP contribution in [0.25, 0.3) is 11.1 Å². The van der Waals surface area contributed by atoms with Crippen molar-refractivity contribution in [1.29, 1.82) is 0 Å². The van der Waals surface area contributed by atoms with Gasteiger partial charge in [-0.25, -0.2) is 0 Å². The Morgan fingerprint density at radius 3 is 2.14 bits per heavy atom. The van der Waals surface area contributed by atoms with E-state index in [1.165, 1.54) is 0 Å². The van der Waals surface area contributed by atoms with Gasteiger partial charge in [-0.3, -0.25) is 9.55 Å². The Hall–Kier alpha value is -1.48. The molecule has 0 aliphatic heterocycles. The predicted octanol–water partition coefficient (Wildman–Crippen LogP) is 4.51. The van der Waals surface area contributed by atoms with Crippen LogP contribution in [0.15, 0.2) is 48.7 Å². The van der Waals surface area contributed by atoms with Crippen molar-refractivity contribution < 1.29 is 13.6 Å². The first-order valence-electron chi connectivity index (χ1n) is 7.05.